The van der Waals surface area contributed by atoms with Gasteiger partial charge in [0, 0.05) is 11.9 Å². The highest BCUT2D eigenvalue weighted by atomic mass is 32.2. The Morgan fingerprint density at radius 2 is 2.27 bits per heavy atom. The summed E-state index contributed by atoms with van der Waals surface area (Å²) < 4.78 is 36.8. The van der Waals surface area contributed by atoms with Crippen molar-refractivity contribution < 1.29 is 17.9 Å². The zero-order valence-electron chi connectivity index (χ0n) is 12.9. The molecule has 6 nitrogen and oxygen atoms in total. The standard InChI is InChI=1S/C14H22N2O4S2/c1-10-15-11(9-21-10)7-19-8-12-3-4-13-14(20-12)5-6-16(13)22(2,17)18/h9,12-14H,3-8H2,1-2H3/t12-,13-,14-/m0/s1. The minimum absolute atomic E-state index is 0.00689. The predicted molar refractivity (Wildman–Crippen MR) is 84.4 cm³/mol. The van der Waals surface area contributed by atoms with Crippen LogP contribution in [-0.4, -0.2) is 55.4 Å². The van der Waals surface area contributed by atoms with E-state index < -0.39 is 10.0 Å². The van der Waals surface area contributed by atoms with Gasteiger partial charge in [-0.1, -0.05) is 0 Å². The van der Waals surface area contributed by atoms with E-state index in [1.165, 1.54) is 6.26 Å². The molecule has 1 aromatic heterocycles. The maximum absolute atomic E-state index is 11.7. The Labute approximate surface area is 135 Å². The van der Waals surface area contributed by atoms with E-state index in [4.69, 9.17) is 9.47 Å². The third-order valence-electron chi connectivity index (χ3n) is 4.23. The van der Waals surface area contributed by atoms with Crippen LogP contribution in [-0.2, 0) is 26.1 Å². The largest absolute Gasteiger partial charge is 0.372 e. The summed E-state index contributed by atoms with van der Waals surface area (Å²) in [4.78, 5) is 4.36. The SMILES string of the molecule is Cc1nc(COC[C@@H]2CC[C@H]3[C@H](CCN3S(C)(=O)=O)O2)cs1. The normalized spacial score (nSPS) is 29.6. The summed E-state index contributed by atoms with van der Waals surface area (Å²) in [6, 6.07) is 0.00689. The summed E-state index contributed by atoms with van der Waals surface area (Å²) in [5, 5.41) is 3.05. The van der Waals surface area contributed by atoms with Crippen molar-refractivity contribution in [1.82, 2.24) is 9.29 Å². The van der Waals surface area contributed by atoms with Gasteiger partial charge in [-0.15, -0.1) is 11.3 Å². The van der Waals surface area contributed by atoms with E-state index in [1.807, 2.05) is 12.3 Å². The first-order valence-corrected chi connectivity index (χ1v) is 10.3. The van der Waals surface area contributed by atoms with Gasteiger partial charge in [0.05, 0.1) is 48.4 Å². The maximum Gasteiger partial charge on any atom is 0.211 e. The molecule has 2 aliphatic rings. The Hall–Kier alpha value is -0.540. The van der Waals surface area contributed by atoms with Crippen molar-refractivity contribution in [3.05, 3.63) is 16.1 Å². The molecule has 0 spiro atoms. The van der Waals surface area contributed by atoms with Crippen molar-refractivity contribution in [3.8, 4) is 0 Å². The molecule has 0 bridgehead atoms. The molecule has 0 aromatic carbocycles. The van der Waals surface area contributed by atoms with Crippen LogP contribution < -0.4 is 0 Å². The van der Waals surface area contributed by atoms with Gasteiger partial charge in [0.1, 0.15) is 0 Å². The second kappa shape index (κ2) is 6.52. The molecule has 1 aromatic rings. The summed E-state index contributed by atoms with van der Waals surface area (Å²) in [5.41, 5.74) is 0.959. The van der Waals surface area contributed by atoms with E-state index in [1.54, 1.807) is 15.6 Å². The number of rotatable bonds is 5. The van der Waals surface area contributed by atoms with Gasteiger partial charge >= 0.3 is 0 Å². The van der Waals surface area contributed by atoms with Crippen molar-refractivity contribution >= 4 is 21.4 Å². The lowest BCUT2D eigenvalue weighted by molar-refractivity contribution is -0.0963. The van der Waals surface area contributed by atoms with Crippen molar-refractivity contribution in [2.75, 3.05) is 19.4 Å². The van der Waals surface area contributed by atoms with Gasteiger partial charge in [0.25, 0.3) is 0 Å². The third-order valence-corrected chi connectivity index (χ3v) is 6.36. The zero-order chi connectivity index (χ0) is 15.7. The molecule has 2 fully saturated rings. The average molecular weight is 346 g/mol. The minimum Gasteiger partial charge on any atom is -0.372 e. The number of sulfonamides is 1. The van der Waals surface area contributed by atoms with Gasteiger partial charge in [0.15, 0.2) is 0 Å². The van der Waals surface area contributed by atoms with Gasteiger partial charge < -0.3 is 9.47 Å². The van der Waals surface area contributed by atoms with E-state index in [-0.39, 0.29) is 18.2 Å². The molecule has 3 atom stereocenters. The fourth-order valence-electron chi connectivity index (χ4n) is 3.26. The van der Waals surface area contributed by atoms with Gasteiger partial charge in [-0.3, -0.25) is 0 Å². The van der Waals surface area contributed by atoms with Crippen LogP contribution >= 0.6 is 11.3 Å². The Morgan fingerprint density at radius 1 is 1.45 bits per heavy atom. The number of hydrogen-bond acceptors (Lipinski definition) is 6. The van der Waals surface area contributed by atoms with E-state index in [0.29, 0.717) is 19.8 Å². The topological polar surface area (TPSA) is 68.7 Å². The molecule has 0 unspecified atom stereocenters. The molecule has 3 heterocycles. The minimum atomic E-state index is -3.13. The summed E-state index contributed by atoms with van der Waals surface area (Å²) in [6.45, 7) is 3.60. The molecule has 124 valence electrons. The van der Waals surface area contributed by atoms with Crippen LogP contribution in [0.25, 0.3) is 0 Å². The van der Waals surface area contributed by atoms with Crippen LogP contribution in [0.3, 0.4) is 0 Å². The van der Waals surface area contributed by atoms with E-state index >= 15 is 0 Å². The molecule has 0 radical (unpaired) electrons. The number of thiazole rings is 1. The van der Waals surface area contributed by atoms with Crippen molar-refractivity contribution in [2.45, 2.75) is 51.0 Å². The van der Waals surface area contributed by atoms with E-state index in [0.717, 1.165) is 30.0 Å². The second-order valence-corrected chi connectivity index (χ2v) is 8.97. The lowest BCUT2D eigenvalue weighted by Crippen LogP contribution is -2.45. The first kappa shape index (κ1) is 16.3. The van der Waals surface area contributed by atoms with E-state index in [9.17, 15) is 8.42 Å². The second-order valence-electron chi connectivity index (χ2n) is 5.98. The molecule has 0 N–H and O–H groups in total. The number of ether oxygens (including phenoxy) is 2. The fraction of sp³-hybridized carbons (Fsp3) is 0.786. The molecule has 2 aliphatic heterocycles. The number of hydrogen-bond donors (Lipinski definition) is 0. The molecule has 0 saturated carbocycles. The fourth-order valence-corrected chi connectivity index (χ4v) is 5.03. The number of aryl methyl sites for hydroxylation is 1. The first-order valence-electron chi connectivity index (χ1n) is 7.54. The monoisotopic (exact) mass is 346 g/mol. The molecular formula is C14H22N2O4S2. The number of aromatic nitrogens is 1. The zero-order valence-corrected chi connectivity index (χ0v) is 14.5. The van der Waals surface area contributed by atoms with Gasteiger partial charge in [0.2, 0.25) is 10.0 Å². The van der Waals surface area contributed by atoms with E-state index in [2.05, 4.69) is 4.98 Å². The van der Waals surface area contributed by atoms with Crippen LogP contribution in [0.4, 0.5) is 0 Å². The lowest BCUT2D eigenvalue weighted by Gasteiger charge is -2.35. The third kappa shape index (κ3) is 3.68. The Morgan fingerprint density at radius 3 is 2.95 bits per heavy atom. The Balaban J connectivity index is 1.47. The molecule has 2 saturated heterocycles. The van der Waals surface area contributed by atoms with Gasteiger partial charge in [-0.25, -0.2) is 13.4 Å². The van der Waals surface area contributed by atoms with Crippen molar-refractivity contribution in [3.63, 3.8) is 0 Å². The van der Waals surface area contributed by atoms with Crippen molar-refractivity contribution in [2.24, 2.45) is 0 Å². The highest BCUT2D eigenvalue weighted by Gasteiger charge is 2.43. The molecule has 0 amide bonds. The lowest BCUT2D eigenvalue weighted by atomic mass is 10.0. The van der Waals surface area contributed by atoms with Crippen LogP contribution in [0.2, 0.25) is 0 Å². The molecule has 0 aliphatic carbocycles. The smallest absolute Gasteiger partial charge is 0.211 e. The number of fused-ring (bicyclic) bond motifs is 1. The molecule has 8 heteroatoms. The quantitative estimate of drug-likeness (QED) is 0.809. The molecule has 22 heavy (non-hydrogen) atoms. The summed E-state index contributed by atoms with van der Waals surface area (Å²) in [7, 11) is -3.13. The van der Waals surface area contributed by atoms with Gasteiger partial charge in [-0.2, -0.15) is 4.31 Å². The van der Waals surface area contributed by atoms with Crippen LogP contribution in [0.1, 0.15) is 30.0 Å². The number of nitrogens with zero attached hydrogens (tertiary/aromatic N) is 2. The van der Waals surface area contributed by atoms with Crippen LogP contribution in [0, 0.1) is 6.92 Å². The maximum atomic E-state index is 11.7. The predicted octanol–water partition coefficient (Wildman–Crippen LogP) is 1.55. The highest BCUT2D eigenvalue weighted by molar-refractivity contribution is 7.88. The summed E-state index contributed by atoms with van der Waals surface area (Å²) in [5.74, 6) is 0. The molecule has 3 rings (SSSR count). The van der Waals surface area contributed by atoms with Crippen molar-refractivity contribution in [1.29, 1.82) is 0 Å². The Kier molecular flexibility index (Phi) is 4.84. The van der Waals surface area contributed by atoms with Gasteiger partial charge in [-0.05, 0) is 26.2 Å². The molecular weight excluding hydrogens is 324 g/mol. The first-order chi connectivity index (χ1) is 10.4. The van der Waals surface area contributed by atoms with Crippen LogP contribution in [0.5, 0.6) is 0 Å². The average Bonchev–Trinajstić information content (AvgIpc) is 3.04. The summed E-state index contributed by atoms with van der Waals surface area (Å²) in [6.07, 6.45) is 3.81. The Bertz CT molecular complexity index is 616. The van der Waals surface area contributed by atoms with Crippen LogP contribution in [0.15, 0.2) is 5.38 Å². The highest BCUT2D eigenvalue weighted by Crippen LogP contribution is 2.33. The summed E-state index contributed by atoms with van der Waals surface area (Å²) >= 11 is 1.62.